The average Bonchev–Trinajstić information content (AvgIpc) is 2.64. The molecule has 25 heavy (non-hydrogen) atoms. The van der Waals surface area contributed by atoms with Crippen LogP contribution in [0, 0.1) is 5.92 Å². The lowest BCUT2D eigenvalue weighted by Crippen LogP contribution is -2.38. The van der Waals surface area contributed by atoms with Crippen molar-refractivity contribution in [1.82, 2.24) is 10.6 Å². The van der Waals surface area contributed by atoms with Crippen LogP contribution in [0.25, 0.3) is 0 Å². The minimum atomic E-state index is -0.152. The highest BCUT2D eigenvalue weighted by Gasteiger charge is 2.13. The summed E-state index contributed by atoms with van der Waals surface area (Å²) < 4.78 is 15.7. The third-order valence-corrected chi connectivity index (χ3v) is 4.08. The highest BCUT2D eigenvalue weighted by Crippen LogP contribution is 2.14. The number of ether oxygens (including phenoxy) is 3. The Morgan fingerprint density at radius 3 is 2.72 bits per heavy atom. The van der Waals surface area contributed by atoms with E-state index in [1.807, 2.05) is 6.92 Å². The number of hydrogen-bond donors (Lipinski definition) is 2. The van der Waals surface area contributed by atoms with Crippen molar-refractivity contribution in [2.45, 2.75) is 45.4 Å². The Bertz CT molecular complexity index is 371. The fraction of sp³-hybridized carbons (Fsp3) is 0.889. The van der Waals surface area contributed by atoms with E-state index in [1.165, 1.54) is 7.11 Å². The van der Waals surface area contributed by atoms with Crippen LogP contribution < -0.4 is 10.6 Å². The Morgan fingerprint density at radius 2 is 2.00 bits per heavy atom. The molecule has 7 nitrogen and oxygen atoms in total. The van der Waals surface area contributed by atoms with Gasteiger partial charge in [-0.2, -0.15) is 0 Å². The van der Waals surface area contributed by atoms with Crippen LogP contribution in [0.15, 0.2) is 4.99 Å². The van der Waals surface area contributed by atoms with E-state index in [0.717, 1.165) is 84.1 Å². The highest BCUT2D eigenvalue weighted by atomic mass is 16.5. The van der Waals surface area contributed by atoms with Gasteiger partial charge >= 0.3 is 5.97 Å². The molecule has 0 aliphatic carbocycles. The van der Waals surface area contributed by atoms with Gasteiger partial charge in [0.15, 0.2) is 5.96 Å². The molecule has 146 valence electrons. The van der Waals surface area contributed by atoms with Crippen molar-refractivity contribution < 1.29 is 19.0 Å². The molecule has 1 aliphatic heterocycles. The molecule has 0 amide bonds. The molecule has 0 spiro atoms. The zero-order chi connectivity index (χ0) is 18.2. The molecule has 0 unspecified atom stereocenters. The number of guanidine groups is 1. The lowest BCUT2D eigenvalue weighted by Gasteiger charge is -2.21. The maximum absolute atomic E-state index is 11.0. The van der Waals surface area contributed by atoms with Crippen LogP contribution in [0.1, 0.15) is 45.4 Å². The van der Waals surface area contributed by atoms with Gasteiger partial charge in [0.25, 0.3) is 0 Å². The van der Waals surface area contributed by atoms with Crippen LogP contribution in [-0.4, -0.2) is 65.1 Å². The van der Waals surface area contributed by atoms with Gasteiger partial charge in [0.05, 0.1) is 7.11 Å². The molecule has 0 atom stereocenters. The van der Waals surface area contributed by atoms with Crippen molar-refractivity contribution in [1.29, 1.82) is 0 Å². The van der Waals surface area contributed by atoms with E-state index < -0.39 is 0 Å². The first-order valence-corrected chi connectivity index (χ1v) is 9.50. The van der Waals surface area contributed by atoms with E-state index in [4.69, 9.17) is 9.47 Å². The van der Waals surface area contributed by atoms with E-state index in [9.17, 15) is 4.79 Å². The Labute approximate surface area is 151 Å². The third-order valence-electron chi connectivity index (χ3n) is 4.08. The first-order valence-electron chi connectivity index (χ1n) is 9.50. The monoisotopic (exact) mass is 357 g/mol. The Morgan fingerprint density at radius 1 is 1.20 bits per heavy atom. The first-order chi connectivity index (χ1) is 12.3. The number of esters is 1. The van der Waals surface area contributed by atoms with E-state index in [-0.39, 0.29) is 5.97 Å². The van der Waals surface area contributed by atoms with Crippen LogP contribution in [0.3, 0.4) is 0 Å². The molecule has 0 bridgehead atoms. The van der Waals surface area contributed by atoms with Crippen LogP contribution in [-0.2, 0) is 19.0 Å². The second kappa shape index (κ2) is 15.0. The van der Waals surface area contributed by atoms with E-state index >= 15 is 0 Å². The van der Waals surface area contributed by atoms with Crippen molar-refractivity contribution in [3.63, 3.8) is 0 Å². The smallest absolute Gasteiger partial charge is 0.305 e. The second-order valence-electron chi connectivity index (χ2n) is 6.20. The number of carbonyl (C=O) groups is 1. The standard InChI is InChI=1S/C18H35N3O4/c1-3-19-18(20-10-5-4-7-17(22)23-2)21-11-6-12-25-15-16-8-13-24-14-9-16/h16H,3-15H2,1-2H3,(H2,19,20,21). The van der Waals surface area contributed by atoms with E-state index in [2.05, 4.69) is 20.4 Å². The summed E-state index contributed by atoms with van der Waals surface area (Å²) >= 11 is 0. The number of nitrogens with one attached hydrogen (secondary N) is 2. The summed E-state index contributed by atoms with van der Waals surface area (Å²) in [5.41, 5.74) is 0. The summed E-state index contributed by atoms with van der Waals surface area (Å²) in [6, 6.07) is 0. The van der Waals surface area contributed by atoms with Gasteiger partial charge in [-0.1, -0.05) is 0 Å². The maximum atomic E-state index is 11.0. The number of nitrogens with zero attached hydrogens (tertiary/aromatic N) is 1. The second-order valence-corrected chi connectivity index (χ2v) is 6.20. The van der Waals surface area contributed by atoms with Gasteiger partial charge < -0.3 is 24.8 Å². The van der Waals surface area contributed by atoms with Gasteiger partial charge in [0.2, 0.25) is 0 Å². The molecule has 2 N–H and O–H groups in total. The zero-order valence-electron chi connectivity index (χ0n) is 15.8. The molecule has 0 aromatic carbocycles. The molecule has 0 aromatic rings. The molecule has 1 heterocycles. The zero-order valence-corrected chi connectivity index (χ0v) is 15.8. The largest absolute Gasteiger partial charge is 0.469 e. The molecule has 1 aliphatic rings. The molecule has 7 heteroatoms. The minimum Gasteiger partial charge on any atom is -0.469 e. The maximum Gasteiger partial charge on any atom is 0.305 e. The number of rotatable bonds is 12. The predicted octanol–water partition coefficient (Wildman–Crippen LogP) is 1.72. The summed E-state index contributed by atoms with van der Waals surface area (Å²) in [5.74, 6) is 1.33. The summed E-state index contributed by atoms with van der Waals surface area (Å²) in [5, 5.41) is 6.52. The SMILES string of the molecule is CCNC(=NCCCOCC1CCOCC1)NCCCCC(=O)OC. The Kier molecular flexibility index (Phi) is 13.0. The average molecular weight is 357 g/mol. The molecule has 1 rings (SSSR count). The van der Waals surface area contributed by atoms with Crippen LogP contribution in [0.2, 0.25) is 0 Å². The summed E-state index contributed by atoms with van der Waals surface area (Å²) in [6.45, 7) is 7.74. The fourth-order valence-electron chi connectivity index (χ4n) is 2.57. The van der Waals surface area contributed by atoms with Crippen molar-refractivity contribution in [3.05, 3.63) is 0 Å². The fourth-order valence-corrected chi connectivity index (χ4v) is 2.57. The topological polar surface area (TPSA) is 81.2 Å². The Hall–Kier alpha value is -1.34. The van der Waals surface area contributed by atoms with Gasteiger partial charge in [0, 0.05) is 52.5 Å². The quantitative estimate of drug-likeness (QED) is 0.240. The summed E-state index contributed by atoms with van der Waals surface area (Å²) in [7, 11) is 1.42. The minimum absolute atomic E-state index is 0.152. The van der Waals surface area contributed by atoms with Gasteiger partial charge in [0.1, 0.15) is 0 Å². The number of unbranched alkanes of at least 4 members (excludes halogenated alkanes) is 1. The van der Waals surface area contributed by atoms with Crippen molar-refractivity contribution in [2.24, 2.45) is 10.9 Å². The predicted molar refractivity (Wildman–Crippen MR) is 98.8 cm³/mol. The number of methoxy groups -OCH3 is 1. The summed E-state index contributed by atoms with van der Waals surface area (Å²) in [6.07, 6.45) is 5.34. The number of carbonyl (C=O) groups excluding carboxylic acids is 1. The van der Waals surface area contributed by atoms with Crippen LogP contribution in [0.5, 0.6) is 0 Å². The van der Waals surface area contributed by atoms with Crippen molar-refractivity contribution in [3.8, 4) is 0 Å². The molecule has 1 fully saturated rings. The van der Waals surface area contributed by atoms with Gasteiger partial charge in [-0.15, -0.1) is 0 Å². The van der Waals surface area contributed by atoms with Crippen LogP contribution >= 0.6 is 0 Å². The molecule has 1 saturated heterocycles. The van der Waals surface area contributed by atoms with E-state index in [0.29, 0.717) is 12.3 Å². The van der Waals surface area contributed by atoms with Crippen molar-refractivity contribution >= 4 is 11.9 Å². The molecular weight excluding hydrogens is 322 g/mol. The molecule has 0 radical (unpaired) electrons. The van der Waals surface area contributed by atoms with Gasteiger partial charge in [-0.05, 0) is 44.9 Å². The Balaban J connectivity index is 2.05. The van der Waals surface area contributed by atoms with Crippen LogP contribution in [0.4, 0.5) is 0 Å². The van der Waals surface area contributed by atoms with Gasteiger partial charge in [-0.3, -0.25) is 9.79 Å². The lowest BCUT2D eigenvalue weighted by molar-refractivity contribution is -0.140. The lowest BCUT2D eigenvalue weighted by atomic mass is 10.0. The molecule has 0 saturated carbocycles. The molecular formula is C18H35N3O4. The highest BCUT2D eigenvalue weighted by molar-refractivity contribution is 5.79. The first kappa shape index (κ1) is 21.7. The summed E-state index contributed by atoms with van der Waals surface area (Å²) in [4.78, 5) is 15.6. The number of aliphatic imine (C=N–C) groups is 1. The van der Waals surface area contributed by atoms with Crippen molar-refractivity contribution in [2.75, 3.05) is 53.2 Å². The molecule has 0 aromatic heterocycles. The van der Waals surface area contributed by atoms with E-state index in [1.54, 1.807) is 0 Å². The normalized spacial score (nSPS) is 15.8. The third kappa shape index (κ3) is 11.8. The number of hydrogen-bond acceptors (Lipinski definition) is 5. The van der Waals surface area contributed by atoms with Gasteiger partial charge in [-0.25, -0.2) is 0 Å².